The van der Waals surface area contributed by atoms with E-state index in [-0.39, 0.29) is 29.9 Å². The van der Waals surface area contributed by atoms with Crippen LogP contribution in [0.2, 0.25) is 0 Å². The van der Waals surface area contributed by atoms with Gasteiger partial charge in [0.05, 0.1) is 0 Å². The Hall–Kier alpha value is -3.47. The molecule has 1 aromatic heterocycles. The maximum atomic E-state index is 10.9. The molecule has 34 heavy (non-hydrogen) atoms. The van der Waals surface area contributed by atoms with Crippen LogP contribution in [-0.2, 0) is 12.8 Å². The van der Waals surface area contributed by atoms with Crippen molar-refractivity contribution in [1.82, 2.24) is 4.90 Å². The molecule has 4 aromatic carbocycles. The number of phenolic OH excluding ortho intramolecular Hbond substituents is 2. The Morgan fingerprint density at radius 3 is 2.59 bits per heavy atom. The van der Waals surface area contributed by atoms with E-state index in [1.807, 2.05) is 24.3 Å². The van der Waals surface area contributed by atoms with Crippen LogP contribution in [0.5, 0.6) is 11.5 Å². The van der Waals surface area contributed by atoms with Gasteiger partial charge in [0.1, 0.15) is 11.2 Å². The molecule has 4 nitrogen and oxygen atoms in total. The predicted molar refractivity (Wildman–Crippen MR) is 138 cm³/mol. The smallest absolute Gasteiger partial charge is 0.165 e. The molecule has 2 N–H and O–H groups in total. The highest BCUT2D eigenvalue weighted by molar-refractivity contribution is 6.09. The van der Waals surface area contributed by atoms with Gasteiger partial charge in [-0.25, -0.2) is 0 Å². The van der Waals surface area contributed by atoms with Crippen LogP contribution in [0.4, 0.5) is 0 Å². The number of halogens is 1. The first-order chi connectivity index (χ1) is 16.1. The highest BCUT2D eigenvalue weighted by atomic mass is 35.5. The number of hydrogen-bond acceptors (Lipinski definition) is 4. The molecule has 0 bridgehead atoms. The highest BCUT2D eigenvalue weighted by Crippen LogP contribution is 2.51. The number of rotatable bonds is 1. The van der Waals surface area contributed by atoms with Gasteiger partial charge in [0, 0.05) is 34.5 Å². The van der Waals surface area contributed by atoms with Gasteiger partial charge in [-0.05, 0) is 65.9 Å². The Labute approximate surface area is 203 Å². The molecular formula is C29H24ClNO3. The summed E-state index contributed by atoms with van der Waals surface area (Å²) in [5, 5.41) is 23.4. The quantitative estimate of drug-likeness (QED) is 0.264. The van der Waals surface area contributed by atoms with Crippen molar-refractivity contribution in [2.45, 2.75) is 18.9 Å². The van der Waals surface area contributed by atoms with Gasteiger partial charge in [-0.1, -0.05) is 48.5 Å². The molecule has 2 aliphatic rings. The van der Waals surface area contributed by atoms with E-state index in [9.17, 15) is 10.2 Å². The molecule has 5 aromatic rings. The first kappa shape index (κ1) is 21.1. The number of phenols is 2. The van der Waals surface area contributed by atoms with Gasteiger partial charge >= 0.3 is 0 Å². The lowest BCUT2D eigenvalue weighted by Crippen LogP contribution is -2.35. The first-order valence-electron chi connectivity index (χ1n) is 11.4. The molecule has 1 atom stereocenters. The van der Waals surface area contributed by atoms with Crippen molar-refractivity contribution in [1.29, 1.82) is 0 Å². The Bertz CT molecular complexity index is 1600. The Balaban J connectivity index is 0.00000217. The van der Waals surface area contributed by atoms with Crippen LogP contribution in [0.25, 0.3) is 44.2 Å². The fraction of sp³-hybridized carbons (Fsp3) is 0.172. The largest absolute Gasteiger partial charge is 0.504 e. The zero-order valence-electron chi connectivity index (χ0n) is 18.7. The molecule has 170 valence electrons. The summed E-state index contributed by atoms with van der Waals surface area (Å²) in [6, 6.07) is 22.7. The van der Waals surface area contributed by atoms with Gasteiger partial charge in [0.25, 0.3) is 0 Å². The van der Waals surface area contributed by atoms with Gasteiger partial charge in [-0.2, -0.15) is 0 Å². The SMILES string of the molecule is CN1CCc2cc(-c3cccc4c3oc3ccccc34)cc3c2[C@H]1Cc1ccc(O)c(O)c1-3.Cl. The van der Waals surface area contributed by atoms with Gasteiger partial charge in [-0.15, -0.1) is 12.4 Å². The van der Waals surface area contributed by atoms with Crippen LogP contribution < -0.4 is 0 Å². The van der Waals surface area contributed by atoms with Crippen LogP contribution in [0.15, 0.2) is 71.1 Å². The van der Waals surface area contributed by atoms with Crippen molar-refractivity contribution in [2.24, 2.45) is 0 Å². The lowest BCUT2D eigenvalue weighted by molar-refractivity contribution is 0.228. The fourth-order valence-corrected chi connectivity index (χ4v) is 5.88. The number of nitrogens with zero attached hydrogens (tertiary/aromatic N) is 1. The summed E-state index contributed by atoms with van der Waals surface area (Å²) in [4.78, 5) is 2.40. The summed E-state index contributed by atoms with van der Waals surface area (Å²) in [5.74, 6) is -0.102. The summed E-state index contributed by atoms with van der Waals surface area (Å²) >= 11 is 0. The van der Waals surface area contributed by atoms with Gasteiger partial charge in [-0.3, -0.25) is 4.90 Å². The molecule has 0 fully saturated rings. The number of fused-ring (bicyclic) bond motifs is 5. The van der Waals surface area contributed by atoms with E-state index in [4.69, 9.17) is 4.42 Å². The minimum Gasteiger partial charge on any atom is -0.504 e. The minimum absolute atomic E-state index is 0. The van der Waals surface area contributed by atoms with Crippen LogP contribution >= 0.6 is 12.4 Å². The number of aromatic hydroxyl groups is 2. The molecule has 0 unspecified atom stereocenters. The molecule has 0 spiro atoms. The summed E-state index contributed by atoms with van der Waals surface area (Å²) < 4.78 is 6.32. The maximum absolute atomic E-state index is 10.9. The van der Waals surface area contributed by atoms with E-state index in [1.165, 1.54) is 11.1 Å². The van der Waals surface area contributed by atoms with E-state index in [0.29, 0.717) is 0 Å². The van der Waals surface area contributed by atoms with E-state index in [0.717, 1.165) is 69.1 Å². The van der Waals surface area contributed by atoms with Gasteiger partial charge < -0.3 is 14.6 Å². The van der Waals surface area contributed by atoms with Gasteiger partial charge in [0.2, 0.25) is 0 Å². The van der Waals surface area contributed by atoms with Crippen LogP contribution in [0.1, 0.15) is 22.7 Å². The number of furan rings is 1. The molecule has 7 rings (SSSR count). The number of hydrogen-bond donors (Lipinski definition) is 2. The maximum Gasteiger partial charge on any atom is 0.165 e. The fourth-order valence-electron chi connectivity index (χ4n) is 5.88. The van der Waals surface area contributed by atoms with Crippen molar-refractivity contribution in [3.63, 3.8) is 0 Å². The van der Waals surface area contributed by atoms with E-state index < -0.39 is 0 Å². The molecule has 1 aliphatic heterocycles. The number of likely N-dealkylation sites (N-methyl/N-ethyl adjacent to an activating group) is 1. The molecule has 0 saturated carbocycles. The minimum atomic E-state index is -0.0742. The molecule has 0 radical (unpaired) electrons. The average Bonchev–Trinajstić information content (AvgIpc) is 3.22. The molecule has 0 saturated heterocycles. The van der Waals surface area contributed by atoms with Crippen molar-refractivity contribution in [3.8, 4) is 33.8 Å². The predicted octanol–water partition coefficient (Wildman–Crippen LogP) is 6.84. The zero-order valence-corrected chi connectivity index (χ0v) is 19.5. The standard InChI is InChI=1S/C29H23NO3.ClH/c1-30-12-11-17-13-18(19-6-4-7-21-20-5-2-3-8-25(20)33-29(19)21)14-22-26(17)23(30)15-16-9-10-24(31)28(32)27(16)22;/h2-10,13-14,23,31-32H,11-12,15H2,1H3;1H/t23-;/m1./s1. The summed E-state index contributed by atoms with van der Waals surface area (Å²) in [7, 11) is 2.17. The third-order valence-corrected chi connectivity index (χ3v) is 7.51. The molecule has 0 amide bonds. The molecular weight excluding hydrogens is 446 g/mol. The molecule has 2 heterocycles. The van der Waals surface area contributed by atoms with E-state index >= 15 is 0 Å². The summed E-state index contributed by atoms with van der Waals surface area (Å²) in [6.45, 7) is 0.995. The van der Waals surface area contributed by atoms with Crippen LogP contribution in [0.3, 0.4) is 0 Å². The van der Waals surface area contributed by atoms with Crippen LogP contribution in [-0.4, -0.2) is 28.7 Å². The average molecular weight is 470 g/mol. The number of para-hydroxylation sites is 2. The lowest BCUT2D eigenvalue weighted by Gasteiger charge is -2.40. The van der Waals surface area contributed by atoms with E-state index in [2.05, 4.69) is 48.3 Å². The van der Waals surface area contributed by atoms with Crippen molar-refractivity contribution in [2.75, 3.05) is 13.6 Å². The zero-order chi connectivity index (χ0) is 22.3. The summed E-state index contributed by atoms with van der Waals surface area (Å²) in [5.41, 5.74) is 9.32. The van der Waals surface area contributed by atoms with E-state index in [1.54, 1.807) is 6.07 Å². The highest BCUT2D eigenvalue weighted by Gasteiger charge is 2.35. The Morgan fingerprint density at radius 2 is 1.71 bits per heavy atom. The topological polar surface area (TPSA) is 56.8 Å². The Morgan fingerprint density at radius 1 is 0.882 bits per heavy atom. The summed E-state index contributed by atoms with van der Waals surface area (Å²) in [6.07, 6.45) is 1.78. The van der Waals surface area contributed by atoms with Crippen LogP contribution in [0, 0.1) is 0 Å². The van der Waals surface area contributed by atoms with Crippen molar-refractivity contribution < 1.29 is 14.6 Å². The second-order valence-electron chi connectivity index (χ2n) is 9.30. The molecule has 5 heteroatoms. The monoisotopic (exact) mass is 469 g/mol. The third-order valence-electron chi connectivity index (χ3n) is 7.51. The van der Waals surface area contributed by atoms with Gasteiger partial charge in [0.15, 0.2) is 11.5 Å². The number of benzene rings is 4. The lowest BCUT2D eigenvalue weighted by atomic mass is 9.75. The second-order valence-corrected chi connectivity index (χ2v) is 9.30. The van der Waals surface area contributed by atoms with Crippen molar-refractivity contribution in [3.05, 3.63) is 83.4 Å². The first-order valence-corrected chi connectivity index (χ1v) is 11.4. The molecule has 1 aliphatic carbocycles. The second kappa shape index (κ2) is 7.52. The van der Waals surface area contributed by atoms with Crippen molar-refractivity contribution >= 4 is 34.3 Å². The Kier molecular flexibility index (Phi) is 4.67. The normalized spacial score (nSPS) is 16.8. The third kappa shape index (κ3) is 2.82.